The van der Waals surface area contributed by atoms with Crippen LogP contribution < -0.4 is 10.6 Å². The smallest absolute Gasteiger partial charge is 0.320 e. The van der Waals surface area contributed by atoms with E-state index in [2.05, 4.69) is 41.4 Å². The number of fused-ring (bicyclic) bond motifs is 1. The van der Waals surface area contributed by atoms with Crippen molar-refractivity contribution in [2.45, 2.75) is 19.8 Å². The van der Waals surface area contributed by atoms with E-state index in [0.717, 1.165) is 43.7 Å². The third-order valence-corrected chi connectivity index (χ3v) is 5.58. The van der Waals surface area contributed by atoms with Gasteiger partial charge in [-0.1, -0.05) is 12.0 Å². The van der Waals surface area contributed by atoms with Crippen molar-refractivity contribution < 1.29 is 9.53 Å². The Morgan fingerprint density at radius 1 is 1.27 bits per heavy atom. The normalized spacial score (nSPS) is 14.5. The molecule has 1 aliphatic rings. The molecular formula is C24H27N7O2. The van der Waals surface area contributed by atoms with Crippen LogP contribution in [0.5, 0.6) is 0 Å². The number of hydrogen-bond donors (Lipinski definition) is 2. The second-order valence-corrected chi connectivity index (χ2v) is 7.91. The minimum Gasteiger partial charge on any atom is -0.465 e. The minimum atomic E-state index is -0.156. The van der Waals surface area contributed by atoms with Gasteiger partial charge in [0.05, 0.1) is 19.3 Å². The van der Waals surface area contributed by atoms with Crippen molar-refractivity contribution in [3.8, 4) is 12.3 Å². The fourth-order valence-corrected chi connectivity index (χ4v) is 3.83. The van der Waals surface area contributed by atoms with Gasteiger partial charge in [0.2, 0.25) is 5.95 Å². The third kappa shape index (κ3) is 5.93. The van der Waals surface area contributed by atoms with Gasteiger partial charge in [0.1, 0.15) is 17.4 Å². The number of esters is 1. The summed E-state index contributed by atoms with van der Waals surface area (Å²) in [4.78, 5) is 31.5. The molecule has 0 atom stereocenters. The lowest BCUT2D eigenvalue weighted by Gasteiger charge is -2.31. The lowest BCUT2D eigenvalue weighted by molar-refractivity contribution is -0.144. The largest absolute Gasteiger partial charge is 0.465 e. The van der Waals surface area contributed by atoms with E-state index in [1.165, 1.54) is 6.33 Å². The molecule has 4 rings (SSSR count). The molecule has 1 saturated heterocycles. The molecule has 1 aromatic carbocycles. The van der Waals surface area contributed by atoms with E-state index in [4.69, 9.17) is 11.2 Å². The van der Waals surface area contributed by atoms with Gasteiger partial charge in [-0.15, -0.1) is 6.42 Å². The van der Waals surface area contributed by atoms with E-state index < -0.39 is 0 Å². The number of carbonyl (C=O) groups is 1. The predicted octanol–water partition coefficient (Wildman–Crippen LogP) is 2.83. The van der Waals surface area contributed by atoms with Gasteiger partial charge in [-0.25, -0.2) is 19.9 Å². The van der Waals surface area contributed by atoms with Gasteiger partial charge in [-0.3, -0.25) is 9.69 Å². The van der Waals surface area contributed by atoms with Gasteiger partial charge in [0.25, 0.3) is 0 Å². The molecule has 0 unspecified atom stereocenters. The zero-order valence-electron chi connectivity index (χ0n) is 18.6. The molecule has 3 aromatic rings. The summed E-state index contributed by atoms with van der Waals surface area (Å²) in [6.45, 7) is 5.13. The number of rotatable bonds is 8. The first kappa shape index (κ1) is 22.4. The van der Waals surface area contributed by atoms with Gasteiger partial charge in [0.15, 0.2) is 5.82 Å². The van der Waals surface area contributed by atoms with Gasteiger partial charge < -0.3 is 15.4 Å². The lowest BCUT2D eigenvalue weighted by Crippen LogP contribution is -2.39. The number of terminal acetylenes is 1. The van der Waals surface area contributed by atoms with Crippen LogP contribution in [0.3, 0.4) is 0 Å². The monoisotopic (exact) mass is 445 g/mol. The fraction of sp³-hybridized carbons (Fsp3) is 0.375. The van der Waals surface area contributed by atoms with Crippen LogP contribution in [0.15, 0.2) is 36.8 Å². The lowest BCUT2D eigenvalue weighted by atomic mass is 9.97. The summed E-state index contributed by atoms with van der Waals surface area (Å²) >= 11 is 0. The fourth-order valence-electron chi connectivity index (χ4n) is 3.83. The summed E-state index contributed by atoms with van der Waals surface area (Å²) < 4.78 is 5.04. The van der Waals surface area contributed by atoms with Gasteiger partial charge in [-0.2, -0.15) is 0 Å². The number of benzene rings is 1. The van der Waals surface area contributed by atoms with Crippen LogP contribution in [0.2, 0.25) is 0 Å². The van der Waals surface area contributed by atoms with E-state index in [1.807, 2.05) is 31.2 Å². The molecule has 3 heterocycles. The van der Waals surface area contributed by atoms with Crippen LogP contribution in [-0.2, 0) is 9.53 Å². The molecule has 9 nitrogen and oxygen atoms in total. The van der Waals surface area contributed by atoms with E-state index in [-0.39, 0.29) is 5.97 Å². The molecule has 0 saturated carbocycles. The maximum atomic E-state index is 11.7. The summed E-state index contributed by atoms with van der Waals surface area (Å²) in [5.74, 6) is 4.08. The first-order valence-corrected chi connectivity index (χ1v) is 11.1. The highest BCUT2D eigenvalue weighted by molar-refractivity contribution is 5.87. The maximum Gasteiger partial charge on any atom is 0.320 e. The van der Waals surface area contributed by atoms with Crippen LogP contribution in [0.4, 0.5) is 17.5 Å². The first-order chi connectivity index (χ1) is 16.1. The molecule has 2 N–H and O–H groups in total. The maximum absolute atomic E-state index is 11.7. The standard InChI is InChI=1S/C24H27N7O2/c1-3-17-6-5-7-19(12-17)29-23-22-20(27-16-28-23)14-26-24(30-22)25-13-18-8-10-31(11-9-18)15-21(32)33-4-2/h1,5-7,12,14,16,18H,4,8-11,13,15H2,2H3,(H,25,26,30)(H,27,28,29). The molecule has 170 valence electrons. The number of piperidine rings is 1. The van der Waals surface area contributed by atoms with E-state index in [0.29, 0.717) is 41.9 Å². The van der Waals surface area contributed by atoms with Crippen molar-refractivity contribution in [3.63, 3.8) is 0 Å². The molecule has 0 radical (unpaired) electrons. The topological polar surface area (TPSA) is 105 Å². The quantitative estimate of drug-likeness (QED) is 0.400. The summed E-state index contributed by atoms with van der Waals surface area (Å²) in [6.07, 6.45) is 10.7. The number of likely N-dealkylation sites (tertiary alicyclic amines) is 1. The number of carbonyl (C=O) groups excluding carboxylic acids is 1. The molecule has 0 spiro atoms. The Hall–Kier alpha value is -3.77. The van der Waals surface area contributed by atoms with E-state index in [1.54, 1.807) is 6.20 Å². The number of ether oxygens (including phenoxy) is 1. The van der Waals surface area contributed by atoms with Crippen molar-refractivity contribution in [3.05, 3.63) is 42.4 Å². The van der Waals surface area contributed by atoms with E-state index >= 15 is 0 Å². The van der Waals surface area contributed by atoms with Crippen molar-refractivity contribution in [1.29, 1.82) is 0 Å². The van der Waals surface area contributed by atoms with Crippen LogP contribution in [0.1, 0.15) is 25.3 Å². The van der Waals surface area contributed by atoms with Gasteiger partial charge >= 0.3 is 5.97 Å². The highest BCUT2D eigenvalue weighted by Gasteiger charge is 2.21. The Morgan fingerprint density at radius 2 is 2.12 bits per heavy atom. The highest BCUT2D eigenvalue weighted by Crippen LogP contribution is 2.23. The number of aromatic nitrogens is 4. The number of nitrogens with zero attached hydrogens (tertiary/aromatic N) is 5. The highest BCUT2D eigenvalue weighted by atomic mass is 16.5. The zero-order chi connectivity index (χ0) is 23.0. The summed E-state index contributed by atoms with van der Waals surface area (Å²) in [5, 5.41) is 6.63. The molecule has 9 heteroatoms. The number of hydrogen-bond acceptors (Lipinski definition) is 9. The second kappa shape index (κ2) is 10.7. The van der Waals surface area contributed by atoms with Crippen molar-refractivity contribution >= 4 is 34.5 Å². The summed E-state index contributed by atoms with van der Waals surface area (Å²) in [7, 11) is 0. The Balaban J connectivity index is 1.38. The SMILES string of the molecule is C#Cc1cccc(Nc2ncnc3cnc(NCC4CCN(CC(=O)OCC)CC4)nc23)c1. The Kier molecular flexibility index (Phi) is 7.27. The molecule has 33 heavy (non-hydrogen) atoms. The first-order valence-electron chi connectivity index (χ1n) is 11.1. The van der Waals surface area contributed by atoms with Gasteiger partial charge in [-0.05, 0) is 57.0 Å². The Labute approximate surface area is 193 Å². The average molecular weight is 446 g/mol. The molecule has 1 aliphatic heterocycles. The number of nitrogens with one attached hydrogen (secondary N) is 2. The van der Waals surface area contributed by atoms with Gasteiger partial charge in [0, 0.05) is 17.8 Å². The molecule has 1 fully saturated rings. The Morgan fingerprint density at radius 3 is 2.91 bits per heavy atom. The van der Waals surface area contributed by atoms with Crippen LogP contribution >= 0.6 is 0 Å². The van der Waals surface area contributed by atoms with Crippen molar-refractivity contribution in [1.82, 2.24) is 24.8 Å². The molecular weight excluding hydrogens is 418 g/mol. The van der Waals surface area contributed by atoms with E-state index in [9.17, 15) is 4.79 Å². The van der Waals surface area contributed by atoms with Crippen molar-refractivity contribution in [2.75, 3.05) is 43.4 Å². The Bertz CT molecular complexity index is 1150. The zero-order valence-corrected chi connectivity index (χ0v) is 18.6. The molecule has 2 aromatic heterocycles. The molecule has 0 aliphatic carbocycles. The molecule has 0 bridgehead atoms. The van der Waals surface area contributed by atoms with Crippen LogP contribution in [-0.4, -0.2) is 63.6 Å². The predicted molar refractivity (Wildman–Crippen MR) is 127 cm³/mol. The third-order valence-electron chi connectivity index (χ3n) is 5.58. The summed E-state index contributed by atoms with van der Waals surface area (Å²) in [5.41, 5.74) is 2.89. The average Bonchev–Trinajstić information content (AvgIpc) is 2.84. The minimum absolute atomic E-state index is 0.156. The van der Waals surface area contributed by atoms with Crippen molar-refractivity contribution in [2.24, 2.45) is 5.92 Å². The van der Waals surface area contributed by atoms with Crippen LogP contribution in [0, 0.1) is 18.3 Å². The summed E-state index contributed by atoms with van der Waals surface area (Å²) in [6, 6.07) is 7.56. The van der Waals surface area contributed by atoms with Crippen LogP contribution in [0.25, 0.3) is 11.0 Å². The molecule has 0 amide bonds. The number of anilines is 3. The second-order valence-electron chi connectivity index (χ2n) is 7.91.